The van der Waals surface area contributed by atoms with E-state index < -0.39 is 0 Å². The summed E-state index contributed by atoms with van der Waals surface area (Å²) in [4.78, 5) is 27.1. The van der Waals surface area contributed by atoms with Crippen LogP contribution in [0.5, 0.6) is 5.75 Å². The molecule has 31 heavy (non-hydrogen) atoms. The maximum atomic E-state index is 12.6. The minimum absolute atomic E-state index is 0.0675. The maximum absolute atomic E-state index is 12.6. The third-order valence-corrected chi connectivity index (χ3v) is 5.73. The Balaban J connectivity index is 1.25. The number of aromatic nitrogens is 1. The Kier molecular flexibility index (Phi) is 6.36. The normalized spacial score (nSPS) is 14.3. The van der Waals surface area contributed by atoms with Crippen LogP contribution in [0.15, 0.2) is 73.1 Å². The Morgan fingerprint density at radius 3 is 2.23 bits per heavy atom. The van der Waals surface area contributed by atoms with Crippen molar-refractivity contribution in [1.82, 2.24) is 14.8 Å². The topological polar surface area (TPSA) is 63.6 Å². The van der Waals surface area contributed by atoms with E-state index in [1.165, 1.54) is 0 Å². The Hall–Kier alpha value is -3.54. The van der Waals surface area contributed by atoms with Gasteiger partial charge in [-0.3, -0.25) is 9.59 Å². The van der Waals surface area contributed by atoms with Crippen molar-refractivity contribution in [2.75, 3.05) is 20.2 Å². The third kappa shape index (κ3) is 5.15. The summed E-state index contributed by atoms with van der Waals surface area (Å²) >= 11 is 0. The van der Waals surface area contributed by atoms with Gasteiger partial charge in [-0.05, 0) is 66.9 Å². The van der Waals surface area contributed by atoms with Gasteiger partial charge in [-0.15, -0.1) is 0 Å². The zero-order valence-corrected chi connectivity index (χ0v) is 17.7. The summed E-state index contributed by atoms with van der Waals surface area (Å²) in [6.45, 7) is 1.32. The molecule has 1 aliphatic heterocycles. The quantitative estimate of drug-likeness (QED) is 0.668. The summed E-state index contributed by atoms with van der Waals surface area (Å²) in [6, 6.07) is 19.2. The molecular weight excluding hydrogens is 390 g/mol. The third-order valence-electron chi connectivity index (χ3n) is 5.73. The summed E-state index contributed by atoms with van der Waals surface area (Å²) < 4.78 is 7.16. The van der Waals surface area contributed by atoms with Crippen molar-refractivity contribution in [1.29, 1.82) is 0 Å². The Labute approximate surface area is 182 Å². The molecule has 4 rings (SSSR count). The Morgan fingerprint density at radius 2 is 1.61 bits per heavy atom. The zero-order chi connectivity index (χ0) is 21.6. The fraction of sp³-hybridized carbons (Fsp3) is 0.280. The number of carbonyl (C=O) groups is 2. The van der Waals surface area contributed by atoms with Crippen molar-refractivity contribution in [2.45, 2.75) is 25.3 Å². The number of hydrogen-bond donors (Lipinski definition) is 1. The van der Waals surface area contributed by atoms with Gasteiger partial charge in [-0.25, -0.2) is 0 Å². The fourth-order valence-corrected chi connectivity index (χ4v) is 3.86. The number of nitrogens with one attached hydrogen (secondary N) is 1. The first-order chi connectivity index (χ1) is 15.1. The van der Waals surface area contributed by atoms with Crippen LogP contribution in [0.2, 0.25) is 0 Å². The van der Waals surface area contributed by atoms with E-state index in [-0.39, 0.29) is 17.9 Å². The van der Waals surface area contributed by atoms with Gasteiger partial charge in [-0.2, -0.15) is 0 Å². The van der Waals surface area contributed by atoms with Crippen LogP contribution in [0.1, 0.15) is 28.8 Å². The second-order valence-corrected chi connectivity index (χ2v) is 7.79. The van der Waals surface area contributed by atoms with E-state index in [2.05, 4.69) is 5.32 Å². The van der Waals surface area contributed by atoms with Gasteiger partial charge >= 0.3 is 0 Å². The number of benzene rings is 2. The van der Waals surface area contributed by atoms with Crippen molar-refractivity contribution >= 4 is 11.8 Å². The molecule has 0 aliphatic carbocycles. The van der Waals surface area contributed by atoms with Crippen molar-refractivity contribution < 1.29 is 14.3 Å². The molecule has 0 radical (unpaired) electrons. The summed E-state index contributed by atoms with van der Waals surface area (Å²) in [7, 11) is 1.63. The lowest BCUT2D eigenvalue weighted by Gasteiger charge is -2.32. The van der Waals surface area contributed by atoms with Gasteiger partial charge in [-0.1, -0.05) is 12.1 Å². The lowest BCUT2D eigenvalue weighted by atomic mass is 10.0. The Bertz CT molecular complexity index is 1000. The highest BCUT2D eigenvalue weighted by molar-refractivity contribution is 5.94. The van der Waals surface area contributed by atoms with Gasteiger partial charge in [0.05, 0.1) is 13.5 Å². The maximum Gasteiger partial charge on any atom is 0.251 e. The number of nitrogens with zero attached hydrogens (tertiary/aromatic N) is 2. The highest BCUT2D eigenvalue weighted by Gasteiger charge is 2.24. The van der Waals surface area contributed by atoms with E-state index in [4.69, 9.17) is 4.74 Å². The highest BCUT2D eigenvalue weighted by atomic mass is 16.5. The molecule has 6 nitrogen and oxygen atoms in total. The van der Waals surface area contributed by atoms with E-state index in [0.29, 0.717) is 25.1 Å². The number of piperidine rings is 1. The zero-order valence-electron chi connectivity index (χ0n) is 17.7. The summed E-state index contributed by atoms with van der Waals surface area (Å²) in [5.41, 5.74) is 2.64. The van der Waals surface area contributed by atoms with Crippen LogP contribution in [-0.2, 0) is 11.2 Å². The fourth-order valence-electron chi connectivity index (χ4n) is 3.86. The molecule has 0 spiro atoms. The van der Waals surface area contributed by atoms with Gasteiger partial charge in [0, 0.05) is 42.8 Å². The molecule has 3 aromatic rings. The molecule has 160 valence electrons. The molecule has 6 heteroatoms. The number of methoxy groups -OCH3 is 1. The van der Waals surface area contributed by atoms with Gasteiger partial charge < -0.3 is 19.5 Å². The first-order valence-corrected chi connectivity index (χ1v) is 10.6. The van der Waals surface area contributed by atoms with Crippen LogP contribution < -0.4 is 10.1 Å². The lowest BCUT2D eigenvalue weighted by molar-refractivity contribution is -0.131. The largest absolute Gasteiger partial charge is 0.497 e. The van der Waals surface area contributed by atoms with E-state index in [1.807, 2.05) is 82.5 Å². The second-order valence-electron chi connectivity index (χ2n) is 7.79. The van der Waals surface area contributed by atoms with Crippen molar-refractivity contribution in [3.05, 3.63) is 84.2 Å². The molecular formula is C25H27N3O3. The van der Waals surface area contributed by atoms with Crippen molar-refractivity contribution in [3.63, 3.8) is 0 Å². The smallest absolute Gasteiger partial charge is 0.251 e. The first kappa shape index (κ1) is 20.7. The monoisotopic (exact) mass is 417 g/mol. The predicted molar refractivity (Wildman–Crippen MR) is 120 cm³/mol. The standard InChI is InChI=1S/C25H27N3O3/c1-31-23-10-4-19(5-11-23)18-24(29)28-16-12-21(13-17-28)26-25(30)20-6-8-22(9-7-20)27-14-2-3-15-27/h2-11,14-15,21H,12-13,16-18H2,1H3,(H,26,30). The Morgan fingerprint density at radius 1 is 0.968 bits per heavy atom. The number of hydrogen-bond acceptors (Lipinski definition) is 3. The van der Waals surface area contributed by atoms with E-state index >= 15 is 0 Å². The van der Waals surface area contributed by atoms with Crippen LogP contribution in [0.3, 0.4) is 0 Å². The van der Waals surface area contributed by atoms with E-state index in [0.717, 1.165) is 29.8 Å². The van der Waals surface area contributed by atoms with E-state index in [9.17, 15) is 9.59 Å². The predicted octanol–water partition coefficient (Wildman–Crippen LogP) is 3.45. The number of amides is 2. The molecule has 1 aliphatic rings. The van der Waals surface area contributed by atoms with Crippen LogP contribution in [0.4, 0.5) is 0 Å². The molecule has 0 atom stereocenters. The van der Waals surface area contributed by atoms with Gasteiger partial charge in [0.2, 0.25) is 5.91 Å². The van der Waals surface area contributed by atoms with Gasteiger partial charge in [0.15, 0.2) is 0 Å². The molecule has 2 amide bonds. The number of likely N-dealkylation sites (tertiary alicyclic amines) is 1. The average molecular weight is 418 g/mol. The molecule has 1 aromatic heterocycles. The minimum Gasteiger partial charge on any atom is -0.497 e. The minimum atomic E-state index is -0.0675. The van der Waals surface area contributed by atoms with Crippen molar-refractivity contribution in [3.8, 4) is 11.4 Å². The molecule has 1 fully saturated rings. The van der Waals surface area contributed by atoms with Crippen LogP contribution >= 0.6 is 0 Å². The van der Waals surface area contributed by atoms with Gasteiger partial charge in [0.1, 0.15) is 5.75 Å². The molecule has 1 N–H and O–H groups in total. The van der Waals surface area contributed by atoms with Crippen LogP contribution in [0.25, 0.3) is 5.69 Å². The second kappa shape index (κ2) is 9.51. The summed E-state index contributed by atoms with van der Waals surface area (Å²) in [5.74, 6) is 0.838. The number of rotatable bonds is 6. The van der Waals surface area contributed by atoms with Gasteiger partial charge in [0.25, 0.3) is 5.91 Å². The molecule has 2 aromatic carbocycles. The number of carbonyl (C=O) groups excluding carboxylic acids is 2. The van der Waals surface area contributed by atoms with Crippen molar-refractivity contribution in [2.24, 2.45) is 0 Å². The summed E-state index contributed by atoms with van der Waals surface area (Å²) in [5, 5.41) is 3.11. The molecule has 0 saturated carbocycles. The van der Waals surface area contributed by atoms with E-state index in [1.54, 1.807) is 7.11 Å². The SMILES string of the molecule is COc1ccc(CC(=O)N2CCC(NC(=O)c3ccc(-n4cccc4)cc3)CC2)cc1. The first-order valence-electron chi connectivity index (χ1n) is 10.6. The highest BCUT2D eigenvalue weighted by Crippen LogP contribution is 2.16. The van der Waals surface area contributed by atoms with Crippen LogP contribution in [-0.4, -0.2) is 47.5 Å². The average Bonchev–Trinajstić information content (AvgIpc) is 3.35. The molecule has 2 heterocycles. The molecule has 0 unspecified atom stereocenters. The molecule has 0 bridgehead atoms. The van der Waals surface area contributed by atoms with Crippen LogP contribution in [0, 0.1) is 0 Å². The molecule has 1 saturated heterocycles. The summed E-state index contributed by atoms with van der Waals surface area (Å²) in [6.07, 6.45) is 5.86. The lowest BCUT2D eigenvalue weighted by Crippen LogP contribution is -2.47. The number of ether oxygens (including phenoxy) is 1.